The van der Waals surface area contributed by atoms with Crippen LogP contribution >= 0.6 is 0 Å². The summed E-state index contributed by atoms with van der Waals surface area (Å²) >= 11 is 0. The predicted octanol–water partition coefficient (Wildman–Crippen LogP) is 10.3. The number of rotatable bonds is 12. The summed E-state index contributed by atoms with van der Waals surface area (Å²) in [5, 5.41) is 3.56. The third-order valence-electron chi connectivity index (χ3n) is 8.45. The van der Waals surface area contributed by atoms with Crippen molar-refractivity contribution in [2.45, 2.75) is 90.9 Å². The molecule has 0 heterocycles. The van der Waals surface area contributed by atoms with Crippen LogP contribution in [0.3, 0.4) is 0 Å². The lowest BCUT2D eigenvalue weighted by atomic mass is 9.52. The Morgan fingerprint density at radius 2 is 1.06 bits per heavy atom. The number of nitrogens with one attached hydrogen (secondary N) is 1. The fourth-order valence-electron chi connectivity index (χ4n) is 6.42. The largest absolute Gasteiger partial charge is 0.359 e. The zero-order valence-corrected chi connectivity index (χ0v) is 22.8. The van der Waals surface area contributed by atoms with Crippen LogP contribution in [0, 0.1) is 0 Å². The summed E-state index contributed by atoms with van der Waals surface area (Å²) in [7, 11) is 0. The third-order valence-corrected chi connectivity index (χ3v) is 8.45. The quantitative estimate of drug-likeness (QED) is 0.279. The molecule has 0 aliphatic rings. The van der Waals surface area contributed by atoms with Crippen molar-refractivity contribution in [2.24, 2.45) is 0 Å². The minimum Gasteiger partial charge on any atom is -0.359 e. The van der Waals surface area contributed by atoms with Crippen molar-refractivity contribution in [2.75, 3.05) is 5.32 Å². The van der Waals surface area contributed by atoms with Gasteiger partial charge in [0, 0.05) is 22.2 Å². The summed E-state index contributed by atoms with van der Waals surface area (Å²) in [4.78, 5) is 0. The summed E-state index contributed by atoms with van der Waals surface area (Å²) in [6.45, 7) is 13.9. The smallest absolute Gasteiger partial charge is 0.0382 e. The first-order chi connectivity index (χ1) is 17.0. The van der Waals surface area contributed by atoms with Gasteiger partial charge >= 0.3 is 0 Å². The van der Waals surface area contributed by atoms with Crippen LogP contribution in [0.4, 0.5) is 5.69 Å². The van der Waals surface area contributed by atoms with E-state index in [1.54, 1.807) is 0 Å². The predicted molar refractivity (Wildman–Crippen MR) is 155 cm³/mol. The molecule has 1 N–H and O–H groups in total. The van der Waals surface area contributed by atoms with Crippen molar-refractivity contribution in [1.82, 2.24) is 0 Å². The van der Waals surface area contributed by atoms with Gasteiger partial charge in [-0.05, 0) is 72.9 Å². The van der Waals surface area contributed by atoms with Crippen LogP contribution in [0.2, 0.25) is 0 Å². The van der Waals surface area contributed by atoms with Crippen molar-refractivity contribution < 1.29 is 0 Å². The molecule has 1 heteroatoms. The Balaban J connectivity index is 1.95. The highest BCUT2D eigenvalue weighted by molar-refractivity contribution is 5.67. The van der Waals surface area contributed by atoms with E-state index in [-0.39, 0.29) is 10.8 Å². The first kappa shape index (κ1) is 26.8. The second-order valence-corrected chi connectivity index (χ2v) is 9.72. The molecule has 0 bridgehead atoms. The lowest BCUT2D eigenvalue weighted by Gasteiger charge is -2.51. The van der Waals surface area contributed by atoms with E-state index < -0.39 is 0 Å². The minimum atomic E-state index is 0.103. The molecule has 0 spiro atoms. The van der Waals surface area contributed by atoms with Crippen molar-refractivity contribution in [3.63, 3.8) is 0 Å². The highest BCUT2D eigenvalue weighted by Gasteiger charge is 2.48. The van der Waals surface area contributed by atoms with E-state index in [2.05, 4.69) is 132 Å². The second kappa shape index (κ2) is 12.2. The van der Waals surface area contributed by atoms with Gasteiger partial charge in [0.05, 0.1) is 0 Å². The Morgan fingerprint density at radius 1 is 0.600 bits per heavy atom. The summed E-state index contributed by atoms with van der Waals surface area (Å²) in [5.41, 5.74) is 8.15. The van der Waals surface area contributed by atoms with Gasteiger partial charge in [-0.25, -0.2) is 0 Å². The molecule has 186 valence electrons. The molecule has 0 atom stereocenters. The third kappa shape index (κ3) is 5.25. The zero-order valence-electron chi connectivity index (χ0n) is 22.8. The Kier molecular flexibility index (Phi) is 9.38. The Labute approximate surface area is 214 Å². The summed E-state index contributed by atoms with van der Waals surface area (Å²) < 4.78 is 0. The van der Waals surface area contributed by atoms with Gasteiger partial charge in [0.2, 0.25) is 0 Å². The SMILES string of the molecule is CC/C=C(\CC)Nc1ccc(-c2ccc(C(CC)(CC)C(CC)(CC)c3ccccc3)cc2)cc1. The van der Waals surface area contributed by atoms with E-state index in [0.29, 0.717) is 0 Å². The van der Waals surface area contributed by atoms with Gasteiger partial charge in [-0.2, -0.15) is 0 Å². The molecule has 3 aromatic carbocycles. The van der Waals surface area contributed by atoms with E-state index >= 15 is 0 Å². The highest BCUT2D eigenvalue weighted by Crippen LogP contribution is 2.53. The van der Waals surface area contributed by atoms with Crippen molar-refractivity contribution >= 4 is 5.69 Å². The number of allylic oxidation sites excluding steroid dienone is 2. The molecule has 0 amide bonds. The van der Waals surface area contributed by atoms with E-state index in [1.807, 2.05) is 0 Å². The van der Waals surface area contributed by atoms with Gasteiger partial charge in [0.25, 0.3) is 0 Å². The molecule has 0 aliphatic carbocycles. The molecule has 0 aliphatic heterocycles. The maximum absolute atomic E-state index is 3.56. The Hall–Kier alpha value is -2.80. The van der Waals surface area contributed by atoms with E-state index in [4.69, 9.17) is 0 Å². The summed E-state index contributed by atoms with van der Waals surface area (Å²) in [6, 6.07) is 29.5. The summed E-state index contributed by atoms with van der Waals surface area (Å²) in [5.74, 6) is 0. The number of hydrogen-bond donors (Lipinski definition) is 1. The highest BCUT2D eigenvalue weighted by atomic mass is 14.9. The first-order valence-corrected chi connectivity index (χ1v) is 13.8. The van der Waals surface area contributed by atoms with Gasteiger partial charge < -0.3 is 5.32 Å². The standard InChI is InChI=1S/C34H45N/c1-7-16-31(8-2)35-32-25-21-28(22-26-32)27-19-23-30(24-20-27)34(11-5,12-6)33(9-3,10-4)29-17-14-13-15-18-29/h13-26,35H,7-12H2,1-6H3/b31-16+. The number of benzene rings is 3. The molecule has 0 saturated carbocycles. The first-order valence-electron chi connectivity index (χ1n) is 13.8. The summed E-state index contributed by atoms with van der Waals surface area (Å²) in [6.07, 6.45) is 8.88. The average molecular weight is 468 g/mol. The normalized spacial score (nSPS) is 12.6. The van der Waals surface area contributed by atoms with Crippen LogP contribution in [0.15, 0.2) is 90.6 Å². The van der Waals surface area contributed by atoms with Crippen LogP contribution in [-0.4, -0.2) is 0 Å². The Bertz CT molecular complexity index is 1050. The van der Waals surface area contributed by atoms with Crippen LogP contribution < -0.4 is 5.32 Å². The molecule has 1 nitrogen and oxygen atoms in total. The molecule has 3 aromatic rings. The lowest BCUT2D eigenvalue weighted by Crippen LogP contribution is -2.48. The Morgan fingerprint density at radius 3 is 1.49 bits per heavy atom. The topological polar surface area (TPSA) is 12.0 Å². The molecule has 0 radical (unpaired) electrons. The molecule has 3 rings (SSSR count). The van der Waals surface area contributed by atoms with Crippen LogP contribution in [0.1, 0.15) is 91.2 Å². The fourth-order valence-corrected chi connectivity index (χ4v) is 6.42. The monoisotopic (exact) mass is 467 g/mol. The van der Waals surface area contributed by atoms with Crippen LogP contribution in [0.25, 0.3) is 11.1 Å². The fraction of sp³-hybridized carbons (Fsp3) is 0.412. The molecular weight excluding hydrogens is 422 g/mol. The maximum Gasteiger partial charge on any atom is 0.0382 e. The molecule has 0 saturated heterocycles. The molecule has 0 unspecified atom stereocenters. The van der Waals surface area contributed by atoms with E-state index in [1.165, 1.54) is 28.0 Å². The lowest BCUT2D eigenvalue weighted by molar-refractivity contribution is 0.177. The van der Waals surface area contributed by atoms with Crippen molar-refractivity contribution in [1.29, 1.82) is 0 Å². The van der Waals surface area contributed by atoms with Gasteiger partial charge in [-0.15, -0.1) is 0 Å². The van der Waals surface area contributed by atoms with E-state index in [0.717, 1.165) is 44.2 Å². The van der Waals surface area contributed by atoms with Gasteiger partial charge in [0.1, 0.15) is 0 Å². The van der Waals surface area contributed by atoms with Crippen LogP contribution in [-0.2, 0) is 10.8 Å². The van der Waals surface area contributed by atoms with E-state index in [9.17, 15) is 0 Å². The maximum atomic E-state index is 3.56. The minimum absolute atomic E-state index is 0.103. The number of anilines is 1. The van der Waals surface area contributed by atoms with Crippen molar-refractivity contribution in [3.05, 3.63) is 102 Å². The number of hydrogen-bond acceptors (Lipinski definition) is 1. The zero-order chi connectivity index (χ0) is 25.3. The average Bonchev–Trinajstić information content (AvgIpc) is 2.93. The van der Waals surface area contributed by atoms with Gasteiger partial charge in [-0.1, -0.05) is 114 Å². The van der Waals surface area contributed by atoms with Gasteiger partial charge in [-0.3, -0.25) is 0 Å². The molecule has 0 aromatic heterocycles. The molecule has 35 heavy (non-hydrogen) atoms. The van der Waals surface area contributed by atoms with Gasteiger partial charge in [0.15, 0.2) is 0 Å². The molecular formula is C34H45N. The second-order valence-electron chi connectivity index (χ2n) is 9.72. The molecule has 0 fully saturated rings. The van der Waals surface area contributed by atoms with Crippen molar-refractivity contribution in [3.8, 4) is 11.1 Å². The van der Waals surface area contributed by atoms with Crippen LogP contribution in [0.5, 0.6) is 0 Å².